The number of carbonyl (C=O) groups is 1. The fourth-order valence-electron chi connectivity index (χ4n) is 3.73. The molecule has 12 heteroatoms. The fraction of sp³-hybridized carbons (Fsp3) is 0.185. The van der Waals surface area contributed by atoms with Gasteiger partial charge in [-0.15, -0.1) is 0 Å². The van der Waals surface area contributed by atoms with Crippen molar-refractivity contribution in [3.8, 4) is 22.9 Å². The number of para-hydroxylation sites is 1. The maximum Gasteiger partial charge on any atom is 0.416 e. The van der Waals surface area contributed by atoms with E-state index in [1.807, 2.05) is 0 Å². The van der Waals surface area contributed by atoms with Crippen LogP contribution in [0.4, 0.5) is 13.2 Å². The molecule has 0 N–H and O–H groups in total. The van der Waals surface area contributed by atoms with Crippen LogP contribution in [0.5, 0.6) is 11.5 Å². The summed E-state index contributed by atoms with van der Waals surface area (Å²) in [6.45, 7) is 1.46. The van der Waals surface area contributed by atoms with Gasteiger partial charge in [-0.1, -0.05) is 35.9 Å². The molecule has 0 aliphatic rings. The van der Waals surface area contributed by atoms with Crippen LogP contribution in [0.15, 0.2) is 70.6 Å². The molecule has 1 aromatic heterocycles. The number of esters is 1. The zero-order valence-corrected chi connectivity index (χ0v) is 21.6. The number of halogens is 4. The van der Waals surface area contributed by atoms with E-state index >= 15 is 0 Å². The molecule has 0 saturated carbocycles. The Hall–Kier alpha value is -4.38. The lowest BCUT2D eigenvalue weighted by Gasteiger charge is -2.17. The molecule has 1 heterocycles. The first-order chi connectivity index (χ1) is 18.5. The number of ether oxygens (including phenoxy) is 3. The number of hydrogen-bond acceptors (Lipinski definition) is 7. The Morgan fingerprint density at radius 2 is 1.85 bits per heavy atom. The van der Waals surface area contributed by atoms with Crippen LogP contribution < -0.4 is 15.0 Å². The molecule has 39 heavy (non-hydrogen) atoms. The third-order valence-corrected chi connectivity index (χ3v) is 5.83. The molecule has 0 aliphatic heterocycles. The smallest absolute Gasteiger partial charge is 0.416 e. The summed E-state index contributed by atoms with van der Waals surface area (Å²) in [5.41, 5.74) is -1.02. The minimum atomic E-state index is -4.61. The lowest BCUT2D eigenvalue weighted by atomic mass is 10.1. The Morgan fingerprint density at radius 1 is 1.10 bits per heavy atom. The highest BCUT2D eigenvalue weighted by Crippen LogP contribution is 2.35. The third kappa shape index (κ3) is 5.88. The number of aromatic nitrogens is 2. The van der Waals surface area contributed by atoms with E-state index in [9.17, 15) is 22.8 Å². The van der Waals surface area contributed by atoms with Crippen LogP contribution in [0.25, 0.3) is 22.3 Å². The van der Waals surface area contributed by atoms with Gasteiger partial charge >= 0.3 is 12.1 Å². The number of hydrogen-bond donors (Lipinski definition) is 0. The summed E-state index contributed by atoms with van der Waals surface area (Å²) in [5, 5.41) is 4.70. The van der Waals surface area contributed by atoms with Crippen molar-refractivity contribution >= 4 is 34.7 Å². The molecule has 202 valence electrons. The number of fused-ring (bicyclic) bond motifs is 1. The highest BCUT2D eigenvalue weighted by molar-refractivity contribution is 6.31. The van der Waals surface area contributed by atoms with Crippen molar-refractivity contribution in [1.29, 1.82) is 0 Å². The van der Waals surface area contributed by atoms with Gasteiger partial charge in [0.05, 0.1) is 36.9 Å². The lowest BCUT2D eigenvalue weighted by Crippen LogP contribution is -2.25. The van der Waals surface area contributed by atoms with Crippen molar-refractivity contribution < 1.29 is 32.2 Å². The summed E-state index contributed by atoms with van der Waals surface area (Å²) in [4.78, 5) is 29.8. The fourth-order valence-corrected chi connectivity index (χ4v) is 3.94. The minimum absolute atomic E-state index is 0.0179. The summed E-state index contributed by atoms with van der Waals surface area (Å²) in [5.74, 6) is -0.537. The molecular weight excluding hydrogens is 539 g/mol. The van der Waals surface area contributed by atoms with Crippen LogP contribution in [0.2, 0.25) is 5.02 Å². The average Bonchev–Trinajstić information content (AvgIpc) is 2.92. The van der Waals surface area contributed by atoms with Gasteiger partial charge in [0.15, 0.2) is 23.4 Å². The van der Waals surface area contributed by atoms with Gasteiger partial charge in [-0.3, -0.25) is 4.79 Å². The molecule has 0 unspecified atom stereocenters. The van der Waals surface area contributed by atoms with Gasteiger partial charge in [-0.25, -0.2) is 9.78 Å². The van der Waals surface area contributed by atoms with Crippen LogP contribution in [-0.4, -0.2) is 42.2 Å². The quantitative estimate of drug-likeness (QED) is 0.217. The highest BCUT2D eigenvalue weighted by Gasteiger charge is 2.31. The number of carbonyl (C=O) groups excluding carboxylic acids is 1. The second kappa shape index (κ2) is 11.2. The summed E-state index contributed by atoms with van der Waals surface area (Å²) >= 11 is 6.23. The van der Waals surface area contributed by atoms with Gasteiger partial charge in [0.25, 0.3) is 5.56 Å². The van der Waals surface area contributed by atoms with Crippen molar-refractivity contribution in [2.75, 3.05) is 14.2 Å². The second-order valence-electron chi connectivity index (χ2n) is 8.20. The van der Waals surface area contributed by atoms with Crippen molar-refractivity contribution in [1.82, 2.24) is 9.66 Å². The molecule has 1 atom stereocenters. The number of alkyl halides is 3. The van der Waals surface area contributed by atoms with Crippen LogP contribution in [-0.2, 0) is 15.7 Å². The predicted molar refractivity (Wildman–Crippen MR) is 140 cm³/mol. The molecule has 0 aliphatic carbocycles. The maximum atomic E-state index is 13.5. The molecule has 0 amide bonds. The number of rotatable bonds is 7. The number of methoxy groups -OCH3 is 2. The average molecular weight is 560 g/mol. The van der Waals surface area contributed by atoms with Crippen LogP contribution in [0.1, 0.15) is 18.1 Å². The predicted octanol–water partition coefficient (Wildman–Crippen LogP) is 5.57. The summed E-state index contributed by atoms with van der Waals surface area (Å²) in [7, 11) is 2.57. The largest absolute Gasteiger partial charge is 0.493 e. The van der Waals surface area contributed by atoms with Gasteiger partial charge in [0.2, 0.25) is 0 Å². The van der Waals surface area contributed by atoms with E-state index in [0.29, 0.717) is 0 Å². The normalized spacial score (nSPS) is 12.5. The molecule has 0 spiro atoms. The molecule has 4 rings (SSSR count). The maximum absolute atomic E-state index is 13.5. The Kier molecular flexibility index (Phi) is 7.91. The Labute approximate surface area is 225 Å². The topological polar surface area (TPSA) is 92.0 Å². The number of benzene rings is 3. The van der Waals surface area contributed by atoms with Crippen LogP contribution >= 0.6 is 11.6 Å². The van der Waals surface area contributed by atoms with Gasteiger partial charge in [0, 0.05) is 22.2 Å². The van der Waals surface area contributed by atoms with Crippen LogP contribution in [0.3, 0.4) is 0 Å². The number of nitrogens with zero attached hydrogens (tertiary/aromatic N) is 3. The zero-order chi connectivity index (χ0) is 28.3. The van der Waals surface area contributed by atoms with Gasteiger partial charge < -0.3 is 14.2 Å². The van der Waals surface area contributed by atoms with E-state index < -0.39 is 29.4 Å². The first-order valence-corrected chi connectivity index (χ1v) is 11.8. The summed E-state index contributed by atoms with van der Waals surface area (Å²) in [6.07, 6.45) is -4.44. The molecule has 3 aromatic carbocycles. The summed E-state index contributed by atoms with van der Waals surface area (Å²) in [6, 6.07) is 13.7. The minimum Gasteiger partial charge on any atom is -0.493 e. The van der Waals surface area contributed by atoms with Crippen molar-refractivity contribution in [3.05, 3.63) is 87.2 Å². The van der Waals surface area contributed by atoms with E-state index in [1.165, 1.54) is 57.7 Å². The first-order valence-electron chi connectivity index (χ1n) is 11.4. The van der Waals surface area contributed by atoms with Crippen molar-refractivity contribution in [2.45, 2.75) is 19.2 Å². The molecule has 0 radical (unpaired) electrons. The molecule has 0 fully saturated rings. The molecule has 0 saturated heterocycles. The van der Waals surface area contributed by atoms with Gasteiger partial charge in [0.1, 0.15) is 0 Å². The van der Waals surface area contributed by atoms with E-state index in [4.69, 9.17) is 25.8 Å². The Bertz CT molecular complexity index is 1640. The lowest BCUT2D eigenvalue weighted by molar-refractivity contribution is -0.148. The van der Waals surface area contributed by atoms with Crippen molar-refractivity contribution in [2.24, 2.45) is 5.10 Å². The Balaban J connectivity index is 1.92. The standard InChI is InChI=1S/C27H21ClF3N3O5/c1-15(26(36)38-3)39-23-17(12-19(28)13-22(23)37-2)14-32-34-24(16-7-6-8-18(11-16)27(29,30)31)33-21-10-5-4-9-20(21)25(34)35/h4-15H,1-3H3/t15-/m1/s1. The highest BCUT2D eigenvalue weighted by atomic mass is 35.5. The molecular formula is C27H21ClF3N3O5. The third-order valence-electron chi connectivity index (χ3n) is 5.61. The molecule has 4 aromatic rings. The van der Waals surface area contributed by atoms with Gasteiger partial charge in [-0.05, 0) is 37.3 Å². The van der Waals surface area contributed by atoms with Gasteiger partial charge in [-0.2, -0.15) is 22.9 Å². The second-order valence-corrected chi connectivity index (χ2v) is 8.64. The molecule has 0 bridgehead atoms. The zero-order valence-electron chi connectivity index (χ0n) is 20.8. The first kappa shape index (κ1) is 27.6. The summed E-state index contributed by atoms with van der Waals surface area (Å²) < 4.78 is 57.0. The van der Waals surface area contributed by atoms with Crippen LogP contribution in [0, 0.1) is 0 Å². The van der Waals surface area contributed by atoms with Crippen molar-refractivity contribution in [3.63, 3.8) is 0 Å². The van der Waals surface area contributed by atoms with E-state index in [1.54, 1.807) is 18.2 Å². The van der Waals surface area contributed by atoms with E-state index in [0.717, 1.165) is 16.8 Å². The van der Waals surface area contributed by atoms with E-state index in [-0.39, 0.29) is 44.4 Å². The molecule has 8 nitrogen and oxygen atoms in total. The van der Waals surface area contributed by atoms with E-state index in [2.05, 4.69) is 10.1 Å². The monoisotopic (exact) mass is 559 g/mol. The Morgan fingerprint density at radius 3 is 2.54 bits per heavy atom. The SMILES string of the molecule is COC(=O)[C@@H](C)Oc1c(C=Nn2c(-c3cccc(C(F)(F)F)c3)nc3ccccc3c2=O)cc(Cl)cc1OC.